The van der Waals surface area contributed by atoms with Gasteiger partial charge in [0.1, 0.15) is 11.5 Å². The van der Waals surface area contributed by atoms with Crippen LogP contribution in [0.1, 0.15) is 34.5 Å². The zero-order valence-electron chi connectivity index (χ0n) is 13.3. The fraction of sp³-hybridized carbons (Fsp3) is 0.222. The molecule has 118 valence electrons. The molecular formula is C18H18N2O3. The molecule has 2 rings (SSSR count). The van der Waals surface area contributed by atoms with Crippen LogP contribution < -0.4 is 14.8 Å². The Morgan fingerprint density at radius 1 is 1.13 bits per heavy atom. The maximum absolute atomic E-state index is 12.4. The van der Waals surface area contributed by atoms with E-state index in [1.807, 2.05) is 19.1 Å². The van der Waals surface area contributed by atoms with Gasteiger partial charge in [0.05, 0.1) is 37.5 Å². The van der Waals surface area contributed by atoms with E-state index >= 15 is 0 Å². The highest BCUT2D eigenvalue weighted by Crippen LogP contribution is 2.25. The van der Waals surface area contributed by atoms with Gasteiger partial charge in [-0.15, -0.1) is 0 Å². The number of hydrogen-bond acceptors (Lipinski definition) is 4. The fourth-order valence-corrected chi connectivity index (χ4v) is 2.19. The Balaban J connectivity index is 2.16. The van der Waals surface area contributed by atoms with Crippen LogP contribution in [0.3, 0.4) is 0 Å². The van der Waals surface area contributed by atoms with Crippen LogP contribution >= 0.6 is 0 Å². The molecule has 0 aliphatic carbocycles. The first kappa shape index (κ1) is 16.4. The second-order valence-electron chi connectivity index (χ2n) is 5.00. The molecule has 23 heavy (non-hydrogen) atoms. The van der Waals surface area contributed by atoms with Crippen LogP contribution in [-0.2, 0) is 0 Å². The minimum absolute atomic E-state index is 0.193. The number of amides is 1. The summed E-state index contributed by atoms with van der Waals surface area (Å²) in [5.74, 6) is 0.841. The minimum Gasteiger partial charge on any atom is -0.497 e. The zero-order chi connectivity index (χ0) is 16.8. The Morgan fingerprint density at radius 3 is 2.39 bits per heavy atom. The number of nitrogens with one attached hydrogen (secondary N) is 1. The van der Waals surface area contributed by atoms with E-state index in [2.05, 4.69) is 11.4 Å². The quantitative estimate of drug-likeness (QED) is 0.921. The minimum atomic E-state index is -0.235. The normalized spacial score (nSPS) is 11.2. The van der Waals surface area contributed by atoms with Crippen LogP contribution in [0.5, 0.6) is 11.5 Å². The molecule has 5 nitrogen and oxygen atoms in total. The van der Waals surface area contributed by atoms with Crippen LogP contribution in [0.15, 0.2) is 42.5 Å². The highest BCUT2D eigenvalue weighted by molar-refractivity contribution is 5.97. The van der Waals surface area contributed by atoms with Gasteiger partial charge in [0, 0.05) is 6.07 Å². The van der Waals surface area contributed by atoms with Gasteiger partial charge >= 0.3 is 0 Å². The Hall–Kier alpha value is -3.00. The molecule has 0 aliphatic rings. The van der Waals surface area contributed by atoms with Gasteiger partial charge in [-0.1, -0.05) is 12.1 Å². The van der Waals surface area contributed by atoms with Gasteiger partial charge in [0.2, 0.25) is 0 Å². The molecule has 0 bridgehead atoms. The standard InChI is InChI=1S/C18H18N2O3/c1-12(14-6-4-13(11-19)5-7-14)20-18(21)16-9-8-15(22-2)10-17(16)23-3/h4-10,12H,1-3H3,(H,20,21). The number of methoxy groups -OCH3 is 2. The summed E-state index contributed by atoms with van der Waals surface area (Å²) in [5, 5.41) is 11.7. The molecule has 0 aromatic heterocycles. The van der Waals surface area contributed by atoms with E-state index in [0.29, 0.717) is 22.6 Å². The molecule has 1 atom stereocenters. The van der Waals surface area contributed by atoms with Gasteiger partial charge in [-0.05, 0) is 36.8 Å². The lowest BCUT2D eigenvalue weighted by Gasteiger charge is -2.16. The van der Waals surface area contributed by atoms with Crippen LogP contribution in [0.4, 0.5) is 0 Å². The molecule has 1 amide bonds. The van der Waals surface area contributed by atoms with Gasteiger partial charge < -0.3 is 14.8 Å². The number of ether oxygens (including phenoxy) is 2. The molecule has 0 radical (unpaired) electrons. The number of nitrogens with zero attached hydrogens (tertiary/aromatic N) is 1. The Kier molecular flexibility index (Phi) is 5.21. The Morgan fingerprint density at radius 2 is 1.83 bits per heavy atom. The summed E-state index contributed by atoms with van der Waals surface area (Å²) in [6.45, 7) is 1.88. The smallest absolute Gasteiger partial charge is 0.255 e. The lowest BCUT2D eigenvalue weighted by molar-refractivity contribution is 0.0937. The van der Waals surface area contributed by atoms with Crippen molar-refractivity contribution in [3.05, 3.63) is 59.2 Å². The number of carbonyl (C=O) groups excluding carboxylic acids is 1. The summed E-state index contributed by atoms with van der Waals surface area (Å²) in [6.07, 6.45) is 0. The van der Waals surface area contributed by atoms with Crippen molar-refractivity contribution in [3.8, 4) is 17.6 Å². The topological polar surface area (TPSA) is 71.3 Å². The van der Waals surface area contributed by atoms with Crippen molar-refractivity contribution in [3.63, 3.8) is 0 Å². The van der Waals surface area contributed by atoms with Gasteiger partial charge in [0.15, 0.2) is 0 Å². The van der Waals surface area contributed by atoms with Crippen molar-refractivity contribution in [1.82, 2.24) is 5.32 Å². The highest BCUT2D eigenvalue weighted by Gasteiger charge is 2.16. The molecule has 2 aromatic carbocycles. The number of nitriles is 1. The number of rotatable bonds is 5. The molecule has 0 saturated carbocycles. The number of hydrogen-bond donors (Lipinski definition) is 1. The van der Waals surface area contributed by atoms with Gasteiger partial charge in [-0.2, -0.15) is 5.26 Å². The molecule has 1 unspecified atom stereocenters. The molecule has 0 aliphatic heterocycles. The maximum Gasteiger partial charge on any atom is 0.255 e. The van der Waals surface area contributed by atoms with Crippen LogP contribution in [0.25, 0.3) is 0 Å². The highest BCUT2D eigenvalue weighted by atomic mass is 16.5. The van der Waals surface area contributed by atoms with Crippen LogP contribution in [0, 0.1) is 11.3 Å². The van der Waals surface area contributed by atoms with E-state index in [1.54, 1.807) is 37.4 Å². The van der Waals surface area contributed by atoms with Gasteiger partial charge in [-0.25, -0.2) is 0 Å². The third-order valence-corrected chi connectivity index (χ3v) is 3.54. The van der Waals surface area contributed by atoms with E-state index < -0.39 is 0 Å². The summed E-state index contributed by atoms with van der Waals surface area (Å²) in [7, 11) is 3.07. The van der Waals surface area contributed by atoms with Crippen LogP contribution in [0.2, 0.25) is 0 Å². The molecule has 0 heterocycles. The summed E-state index contributed by atoms with van der Waals surface area (Å²) < 4.78 is 10.4. The van der Waals surface area contributed by atoms with E-state index in [0.717, 1.165) is 5.56 Å². The molecule has 0 spiro atoms. The molecule has 0 saturated heterocycles. The van der Waals surface area contributed by atoms with E-state index in [9.17, 15) is 4.79 Å². The third-order valence-electron chi connectivity index (χ3n) is 3.54. The fourth-order valence-electron chi connectivity index (χ4n) is 2.19. The summed E-state index contributed by atoms with van der Waals surface area (Å²) in [5.41, 5.74) is 1.95. The SMILES string of the molecule is COc1ccc(C(=O)NC(C)c2ccc(C#N)cc2)c(OC)c1. The summed E-state index contributed by atoms with van der Waals surface area (Å²) in [4.78, 5) is 12.4. The predicted molar refractivity (Wildman–Crippen MR) is 86.6 cm³/mol. The van der Waals surface area contributed by atoms with Crippen molar-refractivity contribution in [2.24, 2.45) is 0 Å². The average Bonchev–Trinajstić information content (AvgIpc) is 2.60. The van der Waals surface area contributed by atoms with E-state index in [4.69, 9.17) is 14.7 Å². The van der Waals surface area contributed by atoms with Crippen molar-refractivity contribution < 1.29 is 14.3 Å². The Bertz CT molecular complexity index is 733. The van der Waals surface area contributed by atoms with Gasteiger partial charge in [0.25, 0.3) is 5.91 Å². The van der Waals surface area contributed by atoms with E-state index in [1.165, 1.54) is 7.11 Å². The average molecular weight is 310 g/mol. The summed E-state index contributed by atoms with van der Waals surface area (Å²) >= 11 is 0. The number of carbonyl (C=O) groups is 1. The third kappa shape index (κ3) is 3.80. The number of benzene rings is 2. The first-order valence-corrected chi connectivity index (χ1v) is 7.12. The van der Waals surface area contributed by atoms with Crippen molar-refractivity contribution in [2.75, 3.05) is 14.2 Å². The first-order chi connectivity index (χ1) is 11.1. The van der Waals surface area contributed by atoms with Crippen LogP contribution in [-0.4, -0.2) is 20.1 Å². The molecule has 5 heteroatoms. The largest absolute Gasteiger partial charge is 0.497 e. The van der Waals surface area contributed by atoms with Crippen molar-refractivity contribution in [1.29, 1.82) is 5.26 Å². The Labute approximate surface area is 135 Å². The predicted octanol–water partition coefficient (Wildman–Crippen LogP) is 3.07. The summed E-state index contributed by atoms with van der Waals surface area (Å²) in [6, 6.07) is 14.0. The van der Waals surface area contributed by atoms with Crippen molar-refractivity contribution in [2.45, 2.75) is 13.0 Å². The zero-order valence-corrected chi connectivity index (χ0v) is 13.3. The molecule has 2 aromatic rings. The second-order valence-corrected chi connectivity index (χ2v) is 5.00. The van der Waals surface area contributed by atoms with Crippen molar-refractivity contribution >= 4 is 5.91 Å². The maximum atomic E-state index is 12.4. The monoisotopic (exact) mass is 310 g/mol. The lowest BCUT2D eigenvalue weighted by Crippen LogP contribution is -2.27. The van der Waals surface area contributed by atoms with Gasteiger partial charge in [-0.3, -0.25) is 4.79 Å². The molecular weight excluding hydrogens is 292 g/mol. The second kappa shape index (κ2) is 7.32. The molecule has 0 fully saturated rings. The van der Waals surface area contributed by atoms with E-state index in [-0.39, 0.29) is 11.9 Å². The molecule has 1 N–H and O–H groups in total. The first-order valence-electron chi connectivity index (χ1n) is 7.12. The lowest BCUT2D eigenvalue weighted by atomic mass is 10.1.